The summed E-state index contributed by atoms with van der Waals surface area (Å²) >= 11 is 3.60. The third kappa shape index (κ3) is 8.40. The molecule has 108 valence electrons. The minimum atomic E-state index is 0.735. The second kappa shape index (κ2) is 9.51. The Bertz CT molecular complexity index is 343. The zero-order chi connectivity index (χ0) is 14.1. The van der Waals surface area contributed by atoms with E-state index in [1.165, 1.54) is 28.5 Å². The number of halogens is 1. The van der Waals surface area contributed by atoms with E-state index in [1.54, 1.807) is 7.11 Å². The topological polar surface area (TPSA) is 21.3 Å². The molecule has 0 amide bonds. The molecule has 0 aromatic heterocycles. The van der Waals surface area contributed by atoms with Gasteiger partial charge in [-0.2, -0.15) is 0 Å². The quantitative estimate of drug-likeness (QED) is 0.476. The van der Waals surface area contributed by atoms with E-state index in [4.69, 9.17) is 4.74 Å². The van der Waals surface area contributed by atoms with Gasteiger partial charge in [0.2, 0.25) is 0 Å². The van der Waals surface area contributed by atoms with Crippen LogP contribution in [-0.2, 0) is 4.74 Å². The number of ether oxygens (including phenoxy) is 1. The van der Waals surface area contributed by atoms with Crippen LogP contribution in [0.3, 0.4) is 0 Å². The van der Waals surface area contributed by atoms with Crippen molar-refractivity contribution < 1.29 is 4.74 Å². The first-order chi connectivity index (χ1) is 9.15. The molecule has 2 nitrogen and oxygen atoms in total. The van der Waals surface area contributed by atoms with Crippen LogP contribution in [-0.4, -0.2) is 26.3 Å². The first-order valence-electron chi connectivity index (χ1n) is 7.12. The van der Waals surface area contributed by atoms with E-state index < -0.39 is 0 Å². The molecule has 0 radical (unpaired) electrons. The average Bonchev–Trinajstić information content (AvgIpc) is 3.20. The number of methoxy groups -OCH3 is 1. The maximum Gasteiger partial charge on any atom is 0.0465 e. The van der Waals surface area contributed by atoms with Gasteiger partial charge < -0.3 is 10.1 Å². The van der Waals surface area contributed by atoms with E-state index in [2.05, 4.69) is 46.9 Å². The lowest BCUT2D eigenvalue weighted by Gasteiger charge is -2.07. The third-order valence-electron chi connectivity index (χ3n) is 3.09. The number of rotatable bonds is 10. The van der Waals surface area contributed by atoms with Gasteiger partial charge in [0, 0.05) is 26.3 Å². The molecule has 1 fully saturated rings. The molecule has 0 unspecified atom stereocenters. The van der Waals surface area contributed by atoms with Crippen LogP contribution >= 0.6 is 15.9 Å². The van der Waals surface area contributed by atoms with Gasteiger partial charge in [0.1, 0.15) is 0 Å². The molecular weight excluding hydrogens is 302 g/mol. The van der Waals surface area contributed by atoms with Gasteiger partial charge in [-0.25, -0.2) is 0 Å². The van der Waals surface area contributed by atoms with Gasteiger partial charge in [0.05, 0.1) is 0 Å². The number of nitrogens with one attached hydrogen (secondary N) is 1. The highest BCUT2D eigenvalue weighted by Crippen LogP contribution is 2.20. The van der Waals surface area contributed by atoms with Crippen LogP contribution in [0, 0.1) is 0 Å². The Morgan fingerprint density at radius 1 is 1.42 bits per heavy atom. The van der Waals surface area contributed by atoms with Crippen LogP contribution in [0.15, 0.2) is 34.4 Å². The van der Waals surface area contributed by atoms with Gasteiger partial charge in [-0.15, -0.1) is 0 Å². The molecule has 1 rings (SSSR count). The van der Waals surface area contributed by atoms with Crippen LogP contribution in [0.1, 0.15) is 39.0 Å². The summed E-state index contributed by atoms with van der Waals surface area (Å²) in [6.07, 6.45) is 10.1. The normalized spacial score (nSPS) is 16.8. The highest BCUT2D eigenvalue weighted by molar-refractivity contribution is 9.11. The minimum absolute atomic E-state index is 0.735. The number of hydrogen-bond acceptors (Lipinski definition) is 2. The van der Waals surface area contributed by atoms with Gasteiger partial charge >= 0.3 is 0 Å². The van der Waals surface area contributed by atoms with Crippen LogP contribution in [0.2, 0.25) is 0 Å². The van der Waals surface area contributed by atoms with Crippen molar-refractivity contribution in [2.24, 2.45) is 0 Å². The lowest BCUT2D eigenvalue weighted by atomic mass is 10.1. The molecule has 3 heteroatoms. The molecule has 0 atom stereocenters. The summed E-state index contributed by atoms with van der Waals surface area (Å²) in [5, 5.41) is 3.56. The first-order valence-corrected chi connectivity index (χ1v) is 7.91. The standard InChI is InChI=1S/C16H26BrNO/c1-4-15(17)11-14(12-18-16-7-8-16)10-13(2)6-5-9-19-3/h10-11,16,18H,2,4-9,12H2,1,3H3/b14-10+,15-11+. The lowest BCUT2D eigenvalue weighted by Crippen LogP contribution is -2.18. The Kier molecular flexibility index (Phi) is 8.35. The summed E-state index contributed by atoms with van der Waals surface area (Å²) in [5.74, 6) is 0. The van der Waals surface area contributed by atoms with Crippen molar-refractivity contribution in [2.45, 2.75) is 45.1 Å². The summed E-state index contributed by atoms with van der Waals surface area (Å²) in [6, 6.07) is 0.735. The summed E-state index contributed by atoms with van der Waals surface area (Å²) in [4.78, 5) is 0. The Morgan fingerprint density at radius 3 is 2.74 bits per heavy atom. The predicted molar refractivity (Wildman–Crippen MR) is 86.7 cm³/mol. The van der Waals surface area contributed by atoms with Crippen LogP contribution in [0.5, 0.6) is 0 Å². The van der Waals surface area contributed by atoms with Gasteiger partial charge in [-0.1, -0.05) is 41.1 Å². The van der Waals surface area contributed by atoms with Gasteiger partial charge in [0.25, 0.3) is 0 Å². The van der Waals surface area contributed by atoms with Gasteiger partial charge in [-0.05, 0) is 48.2 Å². The molecular formula is C16H26BrNO. The second-order valence-corrected chi connectivity index (χ2v) is 6.09. The molecule has 0 bridgehead atoms. The monoisotopic (exact) mass is 327 g/mol. The van der Waals surface area contributed by atoms with E-state index in [0.717, 1.165) is 38.5 Å². The first kappa shape index (κ1) is 16.7. The van der Waals surface area contributed by atoms with Crippen molar-refractivity contribution in [1.82, 2.24) is 5.32 Å². The van der Waals surface area contributed by atoms with Crippen LogP contribution < -0.4 is 5.32 Å². The molecule has 0 heterocycles. The fraction of sp³-hybridized carbons (Fsp3) is 0.625. The minimum Gasteiger partial charge on any atom is -0.385 e. The maximum absolute atomic E-state index is 5.07. The van der Waals surface area contributed by atoms with E-state index in [9.17, 15) is 0 Å². The Morgan fingerprint density at radius 2 is 2.16 bits per heavy atom. The molecule has 0 aromatic rings. The zero-order valence-electron chi connectivity index (χ0n) is 12.2. The highest BCUT2D eigenvalue weighted by atomic mass is 79.9. The smallest absolute Gasteiger partial charge is 0.0465 e. The van der Waals surface area contributed by atoms with Gasteiger partial charge in [0.15, 0.2) is 0 Å². The van der Waals surface area contributed by atoms with E-state index in [0.29, 0.717) is 0 Å². The molecule has 0 saturated heterocycles. The molecule has 0 aromatic carbocycles. The lowest BCUT2D eigenvalue weighted by molar-refractivity contribution is 0.195. The summed E-state index contributed by atoms with van der Waals surface area (Å²) in [6.45, 7) is 8.03. The number of allylic oxidation sites excluding steroid dienone is 3. The summed E-state index contributed by atoms with van der Waals surface area (Å²) in [5.41, 5.74) is 2.49. The number of hydrogen-bond donors (Lipinski definition) is 1. The zero-order valence-corrected chi connectivity index (χ0v) is 13.8. The Hall–Kier alpha value is -0.380. The SMILES string of the molecule is C=C(/C=C(\C=C(\Br)CC)CNC1CC1)CCCOC. The second-order valence-electron chi connectivity index (χ2n) is 5.07. The Labute approximate surface area is 126 Å². The molecule has 1 aliphatic carbocycles. The van der Waals surface area contributed by atoms with Crippen molar-refractivity contribution in [3.05, 3.63) is 34.4 Å². The maximum atomic E-state index is 5.07. The Balaban J connectivity index is 2.51. The molecule has 0 aliphatic heterocycles. The van der Waals surface area contributed by atoms with Crippen LogP contribution in [0.4, 0.5) is 0 Å². The molecule has 19 heavy (non-hydrogen) atoms. The van der Waals surface area contributed by atoms with Crippen molar-refractivity contribution in [3.63, 3.8) is 0 Å². The summed E-state index contributed by atoms with van der Waals surface area (Å²) in [7, 11) is 1.74. The van der Waals surface area contributed by atoms with E-state index in [1.807, 2.05) is 0 Å². The van der Waals surface area contributed by atoms with Crippen molar-refractivity contribution in [2.75, 3.05) is 20.3 Å². The van der Waals surface area contributed by atoms with E-state index >= 15 is 0 Å². The van der Waals surface area contributed by atoms with E-state index in [-0.39, 0.29) is 0 Å². The molecule has 1 N–H and O–H groups in total. The average molecular weight is 328 g/mol. The fourth-order valence-corrected chi connectivity index (χ4v) is 2.07. The molecule has 1 aliphatic rings. The molecule has 1 saturated carbocycles. The van der Waals surface area contributed by atoms with Gasteiger partial charge in [-0.3, -0.25) is 0 Å². The third-order valence-corrected chi connectivity index (χ3v) is 3.88. The van der Waals surface area contributed by atoms with Crippen molar-refractivity contribution in [1.29, 1.82) is 0 Å². The molecule has 0 spiro atoms. The largest absolute Gasteiger partial charge is 0.385 e. The predicted octanol–water partition coefficient (Wildman–Crippen LogP) is 4.34. The fourth-order valence-electron chi connectivity index (χ4n) is 1.77. The highest BCUT2D eigenvalue weighted by Gasteiger charge is 2.20. The van der Waals surface area contributed by atoms with Crippen molar-refractivity contribution >= 4 is 15.9 Å². The summed E-state index contributed by atoms with van der Waals surface area (Å²) < 4.78 is 6.31. The van der Waals surface area contributed by atoms with Crippen molar-refractivity contribution in [3.8, 4) is 0 Å². The van der Waals surface area contributed by atoms with Crippen LogP contribution in [0.25, 0.3) is 0 Å².